The van der Waals surface area contributed by atoms with E-state index in [9.17, 15) is 4.79 Å². The van der Waals surface area contributed by atoms with E-state index in [1.165, 1.54) is 7.11 Å². The number of hydrogen-bond acceptors (Lipinski definition) is 2. The third-order valence-corrected chi connectivity index (χ3v) is 3.06. The number of hydrogen-bond donors (Lipinski definition) is 0. The Balaban J connectivity index is 3.51. The zero-order valence-electron chi connectivity index (χ0n) is 9.73. The van der Waals surface area contributed by atoms with Gasteiger partial charge in [0.2, 0.25) is 0 Å². The quantitative estimate of drug-likeness (QED) is 0.611. The highest BCUT2D eigenvalue weighted by Crippen LogP contribution is 2.33. The number of aryl methyl sites for hydroxylation is 1. The van der Waals surface area contributed by atoms with Crippen LogP contribution in [0.4, 0.5) is 0 Å². The first-order valence-corrected chi connectivity index (χ1v) is 5.73. The molecule has 0 saturated carbocycles. The topological polar surface area (TPSA) is 26.3 Å². The highest BCUT2D eigenvalue weighted by Gasteiger charge is 2.22. The molecular weight excluding hydrogens is 247 g/mol. The van der Waals surface area contributed by atoms with E-state index in [2.05, 4.69) is 0 Å². The summed E-state index contributed by atoms with van der Waals surface area (Å²) in [6.45, 7) is 5.27. The lowest BCUT2D eigenvalue weighted by Crippen LogP contribution is -2.14. The van der Waals surface area contributed by atoms with E-state index >= 15 is 0 Å². The third kappa shape index (κ3) is 2.33. The minimum atomic E-state index is -0.592. The minimum Gasteiger partial charge on any atom is -0.496 e. The second-order valence-corrected chi connectivity index (χ2v) is 4.75. The van der Waals surface area contributed by atoms with Crippen LogP contribution in [0.25, 0.3) is 0 Å². The van der Waals surface area contributed by atoms with Crippen LogP contribution < -0.4 is 4.74 Å². The molecule has 0 aliphatic carbocycles. The van der Waals surface area contributed by atoms with Gasteiger partial charge in [-0.25, -0.2) is 0 Å². The first-order chi connectivity index (χ1) is 7.40. The standard InChI is InChI=1S/C12H14Cl2O2/c1-6-5-9(14)7(2)10(12(6)16-4)11(15)8(3)13/h5,8H,1-4H3. The van der Waals surface area contributed by atoms with Gasteiger partial charge in [-0.05, 0) is 38.0 Å². The number of ether oxygens (including phenoxy) is 1. The monoisotopic (exact) mass is 260 g/mol. The first kappa shape index (κ1) is 13.3. The lowest BCUT2D eigenvalue weighted by molar-refractivity contribution is 0.0988. The summed E-state index contributed by atoms with van der Waals surface area (Å²) < 4.78 is 5.25. The molecule has 0 bridgehead atoms. The molecule has 0 radical (unpaired) electrons. The van der Waals surface area contributed by atoms with Crippen LogP contribution in [0.15, 0.2) is 6.07 Å². The van der Waals surface area contributed by atoms with Crippen molar-refractivity contribution in [3.8, 4) is 5.75 Å². The van der Waals surface area contributed by atoms with E-state index in [0.717, 1.165) is 5.56 Å². The van der Waals surface area contributed by atoms with Crippen molar-refractivity contribution in [1.82, 2.24) is 0 Å². The van der Waals surface area contributed by atoms with Crippen molar-refractivity contribution >= 4 is 29.0 Å². The Hall–Kier alpha value is -0.730. The number of alkyl halides is 1. The van der Waals surface area contributed by atoms with Crippen molar-refractivity contribution in [3.63, 3.8) is 0 Å². The van der Waals surface area contributed by atoms with Gasteiger partial charge in [0.15, 0.2) is 5.78 Å². The molecule has 0 aliphatic rings. The molecule has 1 aromatic rings. The fourth-order valence-corrected chi connectivity index (χ4v) is 1.98. The predicted molar refractivity (Wildman–Crippen MR) is 67.1 cm³/mol. The average Bonchev–Trinajstić information content (AvgIpc) is 2.21. The SMILES string of the molecule is COc1c(C)cc(Cl)c(C)c1C(=O)C(C)Cl. The van der Waals surface area contributed by atoms with Gasteiger partial charge in [-0.3, -0.25) is 4.79 Å². The molecule has 1 unspecified atom stereocenters. The maximum atomic E-state index is 12.0. The molecule has 0 saturated heterocycles. The molecule has 4 heteroatoms. The molecule has 0 aromatic heterocycles. The number of halogens is 2. The highest BCUT2D eigenvalue weighted by molar-refractivity contribution is 6.35. The van der Waals surface area contributed by atoms with Crippen molar-refractivity contribution in [3.05, 3.63) is 27.8 Å². The molecule has 0 fully saturated rings. The highest BCUT2D eigenvalue weighted by atomic mass is 35.5. The Labute approximate surface area is 106 Å². The zero-order valence-corrected chi connectivity index (χ0v) is 11.2. The summed E-state index contributed by atoms with van der Waals surface area (Å²) in [6, 6.07) is 1.78. The van der Waals surface area contributed by atoms with Crippen LogP contribution in [0.2, 0.25) is 5.02 Å². The van der Waals surface area contributed by atoms with Crippen LogP contribution in [0, 0.1) is 13.8 Å². The first-order valence-electron chi connectivity index (χ1n) is 4.92. The summed E-state index contributed by atoms with van der Waals surface area (Å²) in [5, 5.41) is -0.0376. The van der Waals surface area contributed by atoms with Gasteiger partial charge in [0.05, 0.1) is 18.1 Å². The Morgan fingerprint density at radius 3 is 2.44 bits per heavy atom. The van der Waals surface area contributed by atoms with Gasteiger partial charge in [-0.2, -0.15) is 0 Å². The molecule has 0 aliphatic heterocycles. The van der Waals surface area contributed by atoms with Crippen LogP contribution in [-0.4, -0.2) is 18.3 Å². The Morgan fingerprint density at radius 1 is 1.44 bits per heavy atom. The van der Waals surface area contributed by atoms with E-state index < -0.39 is 5.38 Å². The summed E-state index contributed by atoms with van der Waals surface area (Å²) in [5.41, 5.74) is 2.02. The molecule has 0 amide bonds. The third-order valence-electron chi connectivity index (χ3n) is 2.47. The molecule has 88 valence electrons. The number of Topliss-reactive ketones (excluding diaryl/α,β-unsaturated/α-hetero) is 1. The molecule has 0 spiro atoms. The lowest BCUT2D eigenvalue weighted by Gasteiger charge is -2.15. The molecule has 0 heterocycles. The van der Waals surface area contributed by atoms with Gasteiger partial charge in [0.25, 0.3) is 0 Å². The maximum Gasteiger partial charge on any atom is 0.184 e. The van der Waals surface area contributed by atoms with Crippen LogP contribution >= 0.6 is 23.2 Å². The van der Waals surface area contributed by atoms with Crippen molar-refractivity contribution in [2.45, 2.75) is 26.1 Å². The van der Waals surface area contributed by atoms with Gasteiger partial charge >= 0.3 is 0 Å². The second-order valence-electron chi connectivity index (χ2n) is 3.69. The number of benzene rings is 1. The smallest absolute Gasteiger partial charge is 0.184 e. The van der Waals surface area contributed by atoms with Crippen LogP contribution in [0.5, 0.6) is 5.75 Å². The Kier molecular flexibility index (Phi) is 4.22. The molecule has 2 nitrogen and oxygen atoms in total. The summed E-state index contributed by atoms with van der Waals surface area (Å²) in [4.78, 5) is 12.0. The number of methoxy groups -OCH3 is 1. The largest absolute Gasteiger partial charge is 0.496 e. The van der Waals surface area contributed by atoms with Gasteiger partial charge in [0.1, 0.15) is 5.75 Å². The molecule has 1 rings (SSSR count). The molecule has 0 N–H and O–H groups in total. The van der Waals surface area contributed by atoms with Gasteiger partial charge in [-0.15, -0.1) is 11.6 Å². The van der Waals surface area contributed by atoms with Crippen molar-refractivity contribution in [1.29, 1.82) is 0 Å². The molecular formula is C12H14Cl2O2. The Bertz CT molecular complexity index is 426. The van der Waals surface area contributed by atoms with Crippen LogP contribution in [-0.2, 0) is 0 Å². The van der Waals surface area contributed by atoms with E-state index in [1.807, 2.05) is 6.92 Å². The average molecular weight is 261 g/mol. The van der Waals surface area contributed by atoms with Crippen molar-refractivity contribution in [2.24, 2.45) is 0 Å². The number of carbonyl (C=O) groups excluding carboxylic acids is 1. The number of rotatable bonds is 3. The summed E-state index contributed by atoms with van der Waals surface area (Å²) in [5.74, 6) is 0.390. The van der Waals surface area contributed by atoms with Gasteiger partial charge in [-0.1, -0.05) is 11.6 Å². The van der Waals surface area contributed by atoms with Gasteiger partial charge in [0, 0.05) is 5.02 Å². The van der Waals surface area contributed by atoms with Crippen LogP contribution in [0.3, 0.4) is 0 Å². The Morgan fingerprint density at radius 2 is 2.00 bits per heavy atom. The normalized spacial score (nSPS) is 12.4. The predicted octanol–water partition coefficient (Wildman–Crippen LogP) is 3.78. The van der Waals surface area contributed by atoms with Crippen LogP contribution in [0.1, 0.15) is 28.4 Å². The lowest BCUT2D eigenvalue weighted by atomic mass is 9.98. The second kappa shape index (κ2) is 5.07. The van der Waals surface area contributed by atoms with E-state index in [0.29, 0.717) is 21.9 Å². The zero-order chi connectivity index (χ0) is 12.5. The fourth-order valence-electron chi connectivity index (χ4n) is 1.61. The number of ketones is 1. The van der Waals surface area contributed by atoms with E-state index in [1.54, 1.807) is 19.9 Å². The fraction of sp³-hybridized carbons (Fsp3) is 0.417. The van der Waals surface area contributed by atoms with Gasteiger partial charge < -0.3 is 4.74 Å². The summed E-state index contributed by atoms with van der Waals surface area (Å²) >= 11 is 11.9. The molecule has 1 atom stereocenters. The number of carbonyl (C=O) groups is 1. The summed E-state index contributed by atoms with van der Waals surface area (Å²) in [6.07, 6.45) is 0. The molecule has 1 aromatic carbocycles. The minimum absolute atomic E-state index is 0.165. The van der Waals surface area contributed by atoms with E-state index in [-0.39, 0.29) is 5.78 Å². The molecule has 16 heavy (non-hydrogen) atoms. The summed E-state index contributed by atoms with van der Waals surface area (Å²) in [7, 11) is 1.53. The maximum absolute atomic E-state index is 12.0. The van der Waals surface area contributed by atoms with E-state index in [4.69, 9.17) is 27.9 Å². The van der Waals surface area contributed by atoms with Crippen molar-refractivity contribution < 1.29 is 9.53 Å². The van der Waals surface area contributed by atoms with Crippen molar-refractivity contribution in [2.75, 3.05) is 7.11 Å².